The topological polar surface area (TPSA) is 83.4 Å². The summed E-state index contributed by atoms with van der Waals surface area (Å²) >= 11 is 0. The van der Waals surface area contributed by atoms with Gasteiger partial charge in [-0.1, -0.05) is 0 Å². The lowest BCUT2D eigenvalue weighted by molar-refractivity contribution is -0.409. The molecule has 0 saturated carbocycles. The molecule has 24 heavy (non-hydrogen) atoms. The average molecular weight is 383 g/mol. The van der Waals surface area contributed by atoms with Crippen LogP contribution >= 0.6 is 0 Å². The van der Waals surface area contributed by atoms with Gasteiger partial charge in [0.2, 0.25) is 0 Å². The van der Waals surface area contributed by atoms with E-state index < -0.39 is 12.0 Å². The van der Waals surface area contributed by atoms with E-state index in [4.69, 9.17) is 14.6 Å². The third-order valence-electron chi connectivity index (χ3n) is 3.94. The molecule has 140 valence electrons. The molecule has 0 saturated heterocycles. The fourth-order valence-electron chi connectivity index (χ4n) is 2.35. The zero-order valence-corrected chi connectivity index (χ0v) is 16.2. The van der Waals surface area contributed by atoms with Gasteiger partial charge in [-0.15, -0.1) is 0 Å². The zero-order valence-electron chi connectivity index (χ0n) is 14.7. The van der Waals surface area contributed by atoms with E-state index in [0.29, 0.717) is 16.7 Å². The van der Waals surface area contributed by atoms with Crippen LogP contribution in [0.2, 0.25) is 0 Å². The number of halogens is 2. The number of nitrogens with zero attached hydrogens (tertiary/aromatic N) is 1. The van der Waals surface area contributed by atoms with Gasteiger partial charge in [-0.3, -0.25) is 4.48 Å². The molecule has 0 bridgehead atoms. The number of aliphatic carboxylic acids is 1. The second kappa shape index (κ2) is 11.4. The van der Waals surface area contributed by atoms with Crippen molar-refractivity contribution in [1.29, 1.82) is 0 Å². The van der Waals surface area contributed by atoms with Crippen LogP contribution in [0.5, 0.6) is 11.5 Å². The Morgan fingerprint density at radius 1 is 1.17 bits per heavy atom. The summed E-state index contributed by atoms with van der Waals surface area (Å²) in [5.74, 6) is 0.608. The van der Waals surface area contributed by atoms with Crippen LogP contribution in [0.25, 0.3) is 0 Å². The van der Waals surface area contributed by atoms with Crippen LogP contribution in [-0.2, 0) is 4.79 Å². The lowest BCUT2D eigenvalue weighted by atomic mass is 10.1. The predicted octanol–water partition coefficient (Wildman–Crippen LogP) is -4.86. The van der Waals surface area contributed by atoms with E-state index in [9.17, 15) is 4.79 Å². The quantitative estimate of drug-likeness (QED) is 0.331. The van der Waals surface area contributed by atoms with Crippen LogP contribution in [0.3, 0.4) is 0 Å². The van der Waals surface area contributed by atoms with Gasteiger partial charge in [0.05, 0.1) is 34.9 Å². The number of carboxylic acid groups (broad SMARTS) is 1. The molecule has 8 heteroatoms. The summed E-state index contributed by atoms with van der Waals surface area (Å²) in [6.07, 6.45) is 2.41. The minimum Gasteiger partial charge on any atom is -1.00 e. The third kappa shape index (κ3) is 7.13. The number of hydrogen-bond donors (Lipinski definition) is 2. The van der Waals surface area contributed by atoms with E-state index >= 15 is 0 Å². The standard InChI is InChI=1S/C16H26N2O4.2ClH/c1-18(2,10-6-5-7-13(17)16(19)20)12-8-9-14(21-3)15(11-12)22-4;;/h8-9,11,13H,5-7,10,17H2,1-4H3;2*1H/t13-;;/m0../s1. The SMILES string of the molecule is COc1ccc([N+](C)(C)CCCC[C@H]([NH3+])C(=O)O)cc1OC.[Cl-].[Cl-]. The molecule has 0 aliphatic heterocycles. The fourth-order valence-corrected chi connectivity index (χ4v) is 2.35. The molecule has 0 unspecified atom stereocenters. The van der Waals surface area contributed by atoms with E-state index in [2.05, 4.69) is 19.8 Å². The van der Waals surface area contributed by atoms with Gasteiger partial charge >= 0.3 is 5.97 Å². The van der Waals surface area contributed by atoms with E-state index in [1.165, 1.54) is 0 Å². The number of methoxy groups -OCH3 is 2. The molecule has 1 rings (SSSR count). The first-order valence-electron chi connectivity index (χ1n) is 7.43. The zero-order chi connectivity index (χ0) is 16.8. The highest BCUT2D eigenvalue weighted by atomic mass is 35.5. The fraction of sp³-hybridized carbons (Fsp3) is 0.562. The first-order valence-corrected chi connectivity index (χ1v) is 7.43. The maximum atomic E-state index is 10.8. The molecule has 1 aromatic carbocycles. The molecule has 6 nitrogen and oxygen atoms in total. The second-order valence-corrected chi connectivity index (χ2v) is 5.98. The molecule has 0 aliphatic carbocycles. The van der Waals surface area contributed by atoms with E-state index in [1.807, 2.05) is 18.2 Å². The van der Waals surface area contributed by atoms with Gasteiger partial charge in [0, 0.05) is 18.6 Å². The molecule has 0 aliphatic rings. The van der Waals surface area contributed by atoms with E-state index in [-0.39, 0.29) is 24.8 Å². The van der Waals surface area contributed by atoms with Crippen molar-refractivity contribution in [3.8, 4) is 11.5 Å². The normalized spacial score (nSPS) is 11.7. The molecule has 0 radical (unpaired) electrons. The van der Waals surface area contributed by atoms with E-state index in [0.717, 1.165) is 30.8 Å². The Morgan fingerprint density at radius 3 is 2.25 bits per heavy atom. The van der Waals surface area contributed by atoms with Gasteiger partial charge < -0.3 is 45.1 Å². The summed E-state index contributed by atoms with van der Waals surface area (Å²) < 4.78 is 11.3. The molecule has 0 spiro atoms. The number of ether oxygens (including phenoxy) is 2. The number of carboxylic acids is 1. The van der Waals surface area contributed by atoms with Crippen LogP contribution in [0.15, 0.2) is 18.2 Å². The monoisotopic (exact) mass is 382 g/mol. The Balaban J connectivity index is 0. The smallest absolute Gasteiger partial charge is 0.362 e. The van der Waals surface area contributed by atoms with E-state index in [1.54, 1.807) is 14.2 Å². The third-order valence-corrected chi connectivity index (χ3v) is 3.94. The van der Waals surface area contributed by atoms with Crippen molar-refractivity contribution < 1.29 is 49.9 Å². The summed E-state index contributed by atoms with van der Waals surface area (Å²) in [5.41, 5.74) is 4.76. The predicted molar refractivity (Wildman–Crippen MR) is 86.2 cm³/mol. The van der Waals surface area contributed by atoms with Crippen LogP contribution in [0.4, 0.5) is 5.69 Å². The molecule has 1 atom stereocenters. The largest absolute Gasteiger partial charge is 1.00 e. The average Bonchev–Trinajstić information content (AvgIpc) is 2.50. The minimum absolute atomic E-state index is 0. The van der Waals surface area contributed by atoms with Gasteiger partial charge in [-0.05, 0) is 18.9 Å². The molecular weight excluding hydrogens is 355 g/mol. The number of carbonyl (C=O) groups is 1. The minimum atomic E-state index is -0.825. The summed E-state index contributed by atoms with van der Waals surface area (Å²) in [6.45, 7) is 0.918. The highest BCUT2D eigenvalue weighted by Gasteiger charge is 2.22. The molecule has 4 N–H and O–H groups in total. The number of hydrogen-bond acceptors (Lipinski definition) is 3. The first-order chi connectivity index (χ1) is 10.3. The van der Waals surface area contributed by atoms with Gasteiger partial charge in [0.1, 0.15) is 5.69 Å². The molecule has 0 fully saturated rings. The number of unbranched alkanes of at least 4 members (excludes halogenated alkanes) is 1. The Labute approximate surface area is 156 Å². The van der Waals surface area contributed by atoms with Gasteiger partial charge in [-0.25, -0.2) is 4.79 Å². The number of quaternary nitrogens is 2. The molecule has 1 aromatic rings. The highest BCUT2D eigenvalue weighted by Crippen LogP contribution is 2.33. The molecule has 0 amide bonds. The van der Waals surface area contributed by atoms with Crippen LogP contribution in [0, 0.1) is 0 Å². The second-order valence-electron chi connectivity index (χ2n) is 5.98. The summed E-state index contributed by atoms with van der Waals surface area (Å²) in [4.78, 5) is 10.8. The molecule has 0 aromatic heterocycles. The van der Waals surface area contributed by atoms with Gasteiger partial charge in [0.25, 0.3) is 0 Å². The van der Waals surface area contributed by atoms with Crippen LogP contribution < -0.4 is 44.5 Å². The van der Waals surface area contributed by atoms with Crippen molar-refractivity contribution in [2.75, 3.05) is 34.9 Å². The van der Waals surface area contributed by atoms with Crippen molar-refractivity contribution in [3.63, 3.8) is 0 Å². The van der Waals surface area contributed by atoms with Crippen molar-refractivity contribution >= 4 is 11.7 Å². The first kappa shape index (κ1) is 25.0. The lowest BCUT2D eigenvalue weighted by Gasteiger charge is -2.30. The van der Waals surface area contributed by atoms with Crippen LogP contribution in [-0.4, -0.2) is 52.0 Å². The maximum absolute atomic E-state index is 10.8. The lowest BCUT2D eigenvalue weighted by Crippen LogP contribution is -3.00. The summed E-state index contributed by atoms with van der Waals surface area (Å²) in [7, 11) is 7.50. The van der Waals surface area contributed by atoms with Crippen molar-refractivity contribution in [1.82, 2.24) is 4.48 Å². The van der Waals surface area contributed by atoms with Gasteiger partial charge in [-0.2, -0.15) is 0 Å². The highest BCUT2D eigenvalue weighted by molar-refractivity contribution is 5.71. The molecule has 0 heterocycles. The van der Waals surface area contributed by atoms with Crippen molar-refractivity contribution in [2.24, 2.45) is 0 Å². The van der Waals surface area contributed by atoms with Crippen LogP contribution in [0.1, 0.15) is 19.3 Å². The molecular formula is C16H28Cl2N2O4. The number of rotatable bonds is 9. The van der Waals surface area contributed by atoms with Crippen molar-refractivity contribution in [3.05, 3.63) is 18.2 Å². The Bertz CT molecular complexity index is 513. The maximum Gasteiger partial charge on any atom is 0.362 e. The van der Waals surface area contributed by atoms with Crippen molar-refractivity contribution in [2.45, 2.75) is 25.3 Å². The Hall–Kier alpha value is -1.21. The summed E-state index contributed by atoms with van der Waals surface area (Å²) in [5, 5.41) is 8.83. The summed E-state index contributed by atoms with van der Waals surface area (Å²) in [6, 6.07) is 5.41. The Morgan fingerprint density at radius 2 is 1.75 bits per heavy atom. The Kier molecular flexibility index (Phi) is 11.9. The number of benzene rings is 1. The van der Waals surface area contributed by atoms with Gasteiger partial charge in [0.15, 0.2) is 17.5 Å².